The number of hydrogen-bond acceptors (Lipinski definition) is 5. The summed E-state index contributed by atoms with van der Waals surface area (Å²) >= 11 is 7.34. The van der Waals surface area contributed by atoms with Crippen LogP contribution in [0.15, 0.2) is 30.3 Å². The van der Waals surface area contributed by atoms with Crippen molar-refractivity contribution in [3.63, 3.8) is 0 Å². The van der Waals surface area contributed by atoms with Gasteiger partial charge in [0.2, 0.25) is 0 Å². The molecule has 3 aromatic rings. The highest BCUT2D eigenvalue weighted by molar-refractivity contribution is 7.20. The zero-order valence-corrected chi connectivity index (χ0v) is 16.7. The highest BCUT2D eigenvalue weighted by Gasteiger charge is 2.17. The van der Waals surface area contributed by atoms with Crippen LogP contribution in [-0.4, -0.2) is 34.8 Å². The van der Waals surface area contributed by atoms with E-state index in [1.54, 1.807) is 6.92 Å². The van der Waals surface area contributed by atoms with Crippen molar-refractivity contribution in [2.75, 3.05) is 13.2 Å². The molecule has 1 amide bonds. The number of carbonyl (C=O) groups is 2. The number of aryl methyl sites for hydroxylation is 1. The lowest BCUT2D eigenvalue weighted by Gasteiger charge is -2.04. The molecule has 0 spiro atoms. The van der Waals surface area contributed by atoms with Gasteiger partial charge < -0.3 is 10.1 Å². The maximum absolute atomic E-state index is 12.4. The van der Waals surface area contributed by atoms with E-state index in [0.29, 0.717) is 35.9 Å². The molecule has 3 rings (SSSR count). The zero-order chi connectivity index (χ0) is 19.4. The maximum Gasteiger partial charge on any atom is 0.305 e. The highest BCUT2D eigenvalue weighted by atomic mass is 35.5. The molecule has 0 fully saturated rings. The van der Waals surface area contributed by atoms with Gasteiger partial charge in [-0.15, -0.1) is 11.3 Å². The molecule has 8 heteroatoms. The molecule has 0 aliphatic carbocycles. The Morgan fingerprint density at radius 1 is 1.30 bits per heavy atom. The van der Waals surface area contributed by atoms with Crippen molar-refractivity contribution in [2.45, 2.75) is 26.7 Å². The molecule has 0 bridgehead atoms. The number of carbonyl (C=O) groups excluding carboxylic acids is 2. The lowest BCUT2D eigenvalue weighted by molar-refractivity contribution is -0.143. The third-order valence-electron chi connectivity index (χ3n) is 3.99. The Morgan fingerprint density at radius 3 is 2.74 bits per heavy atom. The predicted molar refractivity (Wildman–Crippen MR) is 107 cm³/mol. The predicted octanol–water partition coefficient (Wildman–Crippen LogP) is 4.12. The van der Waals surface area contributed by atoms with Crippen LogP contribution in [0.5, 0.6) is 0 Å². The zero-order valence-electron chi connectivity index (χ0n) is 15.1. The first kappa shape index (κ1) is 19.4. The molecular formula is C19H20ClN3O3S. The SMILES string of the molecule is CCOC(=O)CCCNC(=O)c1cc2c(C)nn(-c3ccc(Cl)cc3)c2s1. The highest BCUT2D eigenvalue weighted by Crippen LogP contribution is 2.30. The number of halogens is 1. The van der Waals surface area contributed by atoms with E-state index in [2.05, 4.69) is 10.4 Å². The lowest BCUT2D eigenvalue weighted by atomic mass is 10.3. The Balaban J connectivity index is 1.71. The van der Waals surface area contributed by atoms with Crippen molar-refractivity contribution in [3.05, 3.63) is 45.9 Å². The third kappa shape index (κ3) is 4.48. The van der Waals surface area contributed by atoms with Crippen LogP contribution in [0.25, 0.3) is 15.9 Å². The van der Waals surface area contributed by atoms with Gasteiger partial charge in [-0.05, 0) is 50.6 Å². The van der Waals surface area contributed by atoms with Crippen LogP contribution in [0.2, 0.25) is 5.02 Å². The number of esters is 1. The van der Waals surface area contributed by atoms with E-state index in [4.69, 9.17) is 16.3 Å². The van der Waals surface area contributed by atoms with E-state index in [-0.39, 0.29) is 11.9 Å². The second-order valence-corrected chi connectivity index (χ2v) is 7.43. The number of nitrogens with zero attached hydrogens (tertiary/aromatic N) is 2. The largest absolute Gasteiger partial charge is 0.466 e. The normalized spacial score (nSPS) is 10.9. The lowest BCUT2D eigenvalue weighted by Crippen LogP contribution is -2.24. The molecular weight excluding hydrogens is 386 g/mol. The summed E-state index contributed by atoms with van der Waals surface area (Å²) in [5.41, 5.74) is 1.75. The average molecular weight is 406 g/mol. The van der Waals surface area contributed by atoms with Gasteiger partial charge in [0.05, 0.1) is 22.9 Å². The molecule has 1 N–H and O–H groups in total. The smallest absolute Gasteiger partial charge is 0.305 e. The second-order valence-electron chi connectivity index (χ2n) is 5.97. The molecule has 2 aromatic heterocycles. The number of aromatic nitrogens is 2. The van der Waals surface area contributed by atoms with Crippen molar-refractivity contribution < 1.29 is 14.3 Å². The van der Waals surface area contributed by atoms with Crippen LogP contribution in [0.4, 0.5) is 0 Å². The molecule has 0 saturated carbocycles. The summed E-state index contributed by atoms with van der Waals surface area (Å²) in [6.07, 6.45) is 0.845. The number of nitrogens with one attached hydrogen (secondary N) is 1. The molecule has 0 unspecified atom stereocenters. The van der Waals surface area contributed by atoms with Gasteiger partial charge in [0.1, 0.15) is 4.83 Å². The molecule has 2 heterocycles. The molecule has 0 radical (unpaired) electrons. The molecule has 0 aliphatic rings. The third-order valence-corrected chi connectivity index (χ3v) is 5.35. The molecule has 6 nitrogen and oxygen atoms in total. The standard InChI is InChI=1S/C19H20ClN3O3S/c1-3-26-17(24)5-4-10-21-18(25)16-11-15-12(2)22-23(19(15)27-16)14-8-6-13(20)7-9-14/h6-9,11H,3-5,10H2,1-2H3,(H,21,25). The number of fused-ring (bicyclic) bond motifs is 1. The first-order valence-electron chi connectivity index (χ1n) is 8.68. The van der Waals surface area contributed by atoms with E-state index < -0.39 is 0 Å². The quantitative estimate of drug-likeness (QED) is 0.474. The molecule has 0 saturated heterocycles. The van der Waals surface area contributed by atoms with Crippen LogP contribution in [0.3, 0.4) is 0 Å². The minimum atomic E-state index is -0.243. The number of benzene rings is 1. The first-order valence-corrected chi connectivity index (χ1v) is 9.88. The minimum Gasteiger partial charge on any atom is -0.466 e. The van der Waals surface area contributed by atoms with Gasteiger partial charge >= 0.3 is 5.97 Å². The van der Waals surface area contributed by atoms with Crippen molar-refractivity contribution in [3.8, 4) is 5.69 Å². The van der Waals surface area contributed by atoms with Crippen LogP contribution in [-0.2, 0) is 9.53 Å². The van der Waals surface area contributed by atoms with Crippen molar-refractivity contribution in [1.82, 2.24) is 15.1 Å². The van der Waals surface area contributed by atoms with E-state index in [1.165, 1.54) is 11.3 Å². The fourth-order valence-electron chi connectivity index (χ4n) is 2.67. The molecule has 0 aliphatic heterocycles. The van der Waals surface area contributed by atoms with Gasteiger partial charge in [-0.3, -0.25) is 9.59 Å². The Kier molecular flexibility index (Phi) is 6.13. The Hall–Kier alpha value is -2.38. The summed E-state index contributed by atoms with van der Waals surface area (Å²) in [6, 6.07) is 9.26. The number of hydrogen-bond donors (Lipinski definition) is 1. The second kappa shape index (κ2) is 8.54. The average Bonchev–Trinajstić information content (AvgIpc) is 3.21. The van der Waals surface area contributed by atoms with Gasteiger partial charge in [0, 0.05) is 23.4 Å². The summed E-state index contributed by atoms with van der Waals surface area (Å²) in [6.45, 7) is 4.49. The van der Waals surface area contributed by atoms with E-state index in [0.717, 1.165) is 21.6 Å². The van der Waals surface area contributed by atoms with Crippen LogP contribution < -0.4 is 5.32 Å². The summed E-state index contributed by atoms with van der Waals surface area (Å²) in [4.78, 5) is 25.3. The van der Waals surface area contributed by atoms with Gasteiger partial charge in [-0.25, -0.2) is 4.68 Å². The van der Waals surface area contributed by atoms with Gasteiger partial charge in [-0.2, -0.15) is 5.10 Å². The van der Waals surface area contributed by atoms with Crippen molar-refractivity contribution in [2.24, 2.45) is 0 Å². The molecule has 0 atom stereocenters. The van der Waals surface area contributed by atoms with Gasteiger partial charge in [0.15, 0.2) is 0 Å². The molecule has 1 aromatic carbocycles. The Labute approximate surface area is 166 Å². The summed E-state index contributed by atoms with van der Waals surface area (Å²) in [5.74, 6) is -0.394. The summed E-state index contributed by atoms with van der Waals surface area (Å²) in [7, 11) is 0. The van der Waals surface area contributed by atoms with E-state index in [9.17, 15) is 9.59 Å². The maximum atomic E-state index is 12.4. The Morgan fingerprint density at radius 2 is 2.04 bits per heavy atom. The van der Waals surface area contributed by atoms with Crippen molar-refractivity contribution >= 4 is 45.0 Å². The van der Waals surface area contributed by atoms with Crippen LogP contribution in [0.1, 0.15) is 35.1 Å². The molecule has 142 valence electrons. The van der Waals surface area contributed by atoms with Crippen LogP contribution >= 0.6 is 22.9 Å². The van der Waals surface area contributed by atoms with Crippen molar-refractivity contribution in [1.29, 1.82) is 0 Å². The number of rotatable bonds is 7. The monoisotopic (exact) mass is 405 g/mol. The topological polar surface area (TPSA) is 73.2 Å². The Bertz CT molecular complexity index is 963. The van der Waals surface area contributed by atoms with Gasteiger partial charge in [-0.1, -0.05) is 11.6 Å². The van der Waals surface area contributed by atoms with E-state index >= 15 is 0 Å². The number of amides is 1. The summed E-state index contributed by atoms with van der Waals surface area (Å²) < 4.78 is 6.69. The van der Waals surface area contributed by atoms with Crippen LogP contribution in [0, 0.1) is 6.92 Å². The minimum absolute atomic E-state index is 0.151. The first-order chi connectivity index (χ1) is 13.0. The molecule has 27 heavy (non-hydrogen) atoms. The number of ether oxygens (including phenoxy) is 1. The number of thiophene rings is 1. The summed E-state index contributed by atoms with van der Waals surface area (Å²) in [5, 5.41) is 9.02. The van der Waals surface area contributed by atoms with Gasteiger partial charge in [0.25, 0.3) is 5.91 Å². The fourth-order valence-corrected chi connectivity index (χ4v) is 3.90. The van der Waals surface area contributed by atoms with E-state index in [1.807, 2.05) is 41.9 Å². The fraction of sp³-hybridized carbons (Fsp3) is 0.316.